The number of hydrogen-bond donors (Lipinski definition) is 2. The zero-order valence-corrected chi connectivity index (χ0v) is 16.6. The van der Waals surface area contributed by atoms with Crippen molar-refractivity contribution in [2.24, 2.45) is 5.92 Å². The van der Waals surface area contributed by atoms with Gasteiger partial charge in [-0.05, 0) is 61.1 Å². The number of carbonyl (C=O) groups excluding carboxylic acids is 1. The predicted molar refractivity (Wildman–Crippen MR) is 114 cm³/mol. The largest absolute Gasteiger partial charge is 0.508 e. The van der Waals surface area contributed by atoms with Gasteiger partial charge in [-0.2, -0.15) is 0 Å². The molecule has 2 aliphatic carbocycles. The van der Waals surface area contributed by atoms with Crippen molar-refractivity contribution >= 4 is 11.6 Å². The van der Waals surface area contributed by atoms with E-state index in [9.17, 15) is 9.90 Å². The van der Waals surface area contributed by atoms with E-state index in [1.165, 1.54) is 49.7 Å². The highest BCUT2D eigenvalue weighted by Crippen LogP contribution is 2.45. The van der Waals surface area contributed by atoms with Gasteiger partial charge in [-0.1, -0.05) is 62.8 Å². The minimum Gasteiger partial charge on any atom is -0.508 e. The molecule has 0 atom stereocenters. The standard InChI is InChI=1S/C25H31NO2/c27-23-15-11-21(12-16-23)25(17-5-2-6-18-25)20-9-13-22(14-10-20)26-24(28)19-7-3-1-4-8-19/h9-16,19,27H,1-8,17-18H2,(H,26,28). The Morgan fingerprint density at radius 3 is 1.93 bits per heavy atom. The molecule has 148 valence electrons. The molecule has 2 N–H and O–H groups in total. The van der Waals surface area contributed by atoms with Crippen LogP contribution in [-0.4, -0.2) is 11.0 Å². The van der Waals surface area contributed by atoms with Gasteiger partial charge in [0.15, 0.2) is 0 Å². The number of benzene rings is 2. The fourth-order valence-corrected chi connectivity index (χ4v) is 5.16. The lowest BCUT2D eigenvalue weighted by molar-refractivity contribution is -0.120. The average molecular weight is 378 g/mol. The van der Waals surface area contributed by atoms with E-state index in [-0.39, 0.29) is 17.2 Å². The third-order valence-electron chi connectivity index (χ3n) is 6.81. The Balaban J connectivity index is 1.54. The van der Waals surface area contributed by atoms with Crippen molar-refractivity contribution in [3.05, 3.63) is 59.7 Å². The minimum atomic E-state index is 0.0118. The maximum Gasteiger partial charge on any atom is 0.227 e. The Kier molecular flexibility index (Phi) is 5.70. The Labute approximate surface area is 168 Å². The first-order valence-electron chi connectivity index (χ1n) is 10.9. The molecule has 1 amide bonds. The maximum atomic E-state index is 12.5. The summed E-state index contributed by atoms with van der Waals surface area (Å²) in [4.78, 5) is 12.5. The molecule has 3 heteroatoms. The molecule has 4 rings (SSSR count). The molecule has 0 aromatic heterocycles. The molecule has 0 heterocycles. The smallest absolute Gasteiger partial charge is 0.227 e. The summed E-state index contributed by atoms with van der Waals surface area (Å²) in [5, 5.41) is 12.8. The van der Waals surface area contributed by atoms with E-state index in [1.807, 2.05) is 0 Å². The molecular weight excluding hydrogens is 346 g/mol. The van der Waals surface area contributed by atoms with Gasteiger partial charge in [-0.3, -0.25) is 4.79 Å². The number of anilines is 1. The van der Waals surface area contributed by atoms with Crippen LogP contribution in [0, 0.1) is 5.92 Å². The van der Waals surface area contributed by atoms with Crippen LogP contribution in [0.5, 0.6) is 5.75 Å². The lowest BCUT2D eigenvalue weighted by Gasteiger charge is -2.38. The van der Waals surface area contributed by atoms with Gasteiger partial charge in [-0.25, -0.2) is 0 Å². The summed E-state index contributed by atoms with van der Waals surface area (Å²) in [6, 6.07) is 16.2. The highest BCUT2D eigenvalue weighted by atomic mass is 16.3. The predicted octanol–water partition coefficient (Wildman–Crippen LogP) is 6.16. The Hall–Kier alpha value is -2.29. The molecule has 2 saturated carbocycles. The molecule has 0 bridgehead atoms. The van der Waals surface area contributed by atoms with Crippen LogP contribution in [0.4, 0.5) is 5.69 Å². The first-order chi connectivity index (χ1) is 13.7. The molecule has 28 heavy (non-hydrogen) atoms. The molecule has 2 aromatic carbocycles. The monoisotopic (exact) mass is 377 g/mol. The first kappa shape index (κ1) is 19.0. The molecule has 2 aliphatic rings. The van der Waals surface area contributed by atoms with Crippen LogP contribution in [0.15, 0.2) is 48.5 Å². The topological polar surface area (TPSA) is 49.3 Å². The quantitative estimate of drug-likeness (QED) is 0.670. The Bertz CT molecular complexity index is 782. The summed E-state index contributed by atoms with van der Waals surface area (Å²) in [5.74, 6) is 0.670. The maximum absolute atomic E-state index is 12.5. The van der Waals surface area contributed by atoms with E-state index in [1.54, 1.807) is 12.1 Å². The van der Waals surface area contributed by atoms with E-state index in [0.717, 1.165) is 31.4 Å². The highest BCUT2D eigenvalue weighted by Gasteiger charge is 2.35. The van der Waals surface area contributed by atoms with Gasteiger partial charge in [0, 0.05) is 17.0 Å². The molecule has 0 saturated heterocycles. The number of phenols is 1. The number of carbonyl (C=O) groups is 1. The van der Waals surface area contributed by atoms with Crippen molar-refractivity contribution in [3.8, 4) is 5.75 Å². The molecule has 0 radical (unpaired) electrons. The first-order valence-corrected chi connectivity index (χ1v) is 10.9. The van der Waals surface area contributed by atoms with Crippen LogP contribution in [0.3, 0.4) is 0 Å². The summed E-state index contributed by atoms with van der Waals surface area (Å²) in [7, 11) is 0. The average Bonchev–Trinajstić information content (AvgIpc) is 2.76. The van der Waals surface area contributed by atoms with E-state index in [4.69, 9.17) is 0 Å². The van der Waals surface area contributed by atoms with Crippen LogP contribution < -0.4 is 5.32 Å². The summed E-state index contributed by atoms with van der Waals surface area (Å²) < 4.78 is 0. The summed E-state index contributed by atoms with van der Waals surface area (Å²) in [6.45, 7) is 0. The molecule has 0 unspecified atom stereocenters. The van der Waals surface area contributed by atoms with Gasteiger partial charge in [0.25, 0.3) is 0 Å². The number of hydrogen-bond acceptors (Lipinski definition) is 2. The second kappa shape index (κ2) is 8.38. The van der Waals surface area contributed by atoms with E-state index in [2.05, 4.69) is 41.7 Å². The molecule has 2 aromatic rings. The van der Waals surface area contributed by atoms with Crippen LogP contribution in [-0.2, 0) is 10.2 Å². The van der Waals surface area contributed by atoms with Crippen LogP contribution in [0.25, 0.3) is 0 Å². The van der Waals surface area contributed by atoms with E-state index < -0.39 is 0 Å². The fourth-order valence-electron chi connectivity index (χ4n) is 5.16. The zero-order valence-electron chi connectivity index (χ0n) is 16.6. The number of nitrogens with one attached hydrogen (secondary N) is 1. The summed E-state index contributed by atoms with van der Waals surface area (Å²) in [6.07, 6.45) is 11.6. The van der Waals surface area contributed by atoms with Crippen molar-refractivity contribution < 1.29 is 9.90 Å². The van der Waals surface area contributed by atoms with Gasteiger partial charge in [-0.15, -0.1) is 0 Å². The number of rotatable bonds is 4. The molecule has 3 nitrogen and oxygen atoms in total. The van der Waals surface area contributed by atoms with Crippen LogP contribution in [0.1, 0.15) is 75.3 Å². The number of aromatic hydroxyl groups is 1. The van der Waals surface area contributed by atoms with Crippen molar-refractivity contribution in [2.45, 2.75) is 69.6 Å². The van der Waals surface area contributed by atoms with Crippen molar-refractivity contribution in [3.63, 3.8) is 0 Å². The van der Waals surface area contributed by atoms with Gasteiger partial charge in [0.1, 0.15) is 5.75 Å². The van der Waals surface area contributed by atoms with E-state index >= 15 is 0 Å². The van der Waals surface area contributed by atoms with Crippen molar-refractivity contribution in [1.82, 2.24) is 0 Å². The SMILES string of the molecule is O=C(Nc1ccc(C2(c3ccc(O)cc3)CCCCC2)cc1)C1CCCCC1. The third kappa shape index (κ3) is 3.94. The fraction of sp³-hybridized carbons (Fsp3) is 0.480. The van der Waals surface area contributed by atoms with Gasteiger partial charge >= 0.3 is 0 Å². The minimum absolute atomic E-state index is 0.0118. The van der Waals surface area contributed by atoms with Crippen molar-refractivity contribution in [2.75, 3.05) is 5.32 Å². The summed E-state index contributed by atoms with van der Waals surface area (Å²) >= 11 is 0. The van der Waals surface area contributed by atoms with Crippen LogP contribution >= 0.6 is 0 Å². The molecule has 0 spiro atoms. The second-order valence-electron chi connectivity index (χ2n) is 8.59. The molecule has 2 fully saturated rings. The zero-order chi connectivity index (χ0) is 19.4. The van der Waals surface area contributed by atoms with Crippen LogP contribution in [0.2, 0.25) is 0 Å². The third-order valence-corrected chi connectivity index (χ3v) is 6.81. The van der Waals surface area contributed by atoms with E-state index in [0.29, 0.717) is 5.75 Å². The lowest BCUT2D eigenvalue weighted by atomic mass is 9.65. The van der Waals surface area contributed by atoms with Gasteiger partial charge in [0.2, 0.25) is 5.91 Å². The summed E-state index contributed by atoms with van der Waals surface area (Å²) in [5.41, 5.74) is 3.51. The Morgan fingerprint density at radius 2 is 1.32 bits per heavy atom. The Morgan fingerprint density at radius 1 is 0.786 bits per heavy atom. The highest BCUT2D eigenvalue weighted by molar-refractivity contribution is 5.92. The lowest BCUT2D eigenvalue weighted by Crippen LogP contribution is -2.30. The number of phenolic OH excluding ortho intramolecular Hbond substituents is 1. The van der Waals surface area contributed by atoms with Gasteiger partial charge in [0.05, 0.1) is 0 Å². The normalized spacial score (nSPS) is 19.9. The second-order valence-corrected chi connectivity index (χ2v) is 8.59. The molecule has 0 aliphatic heterocycles. The van der Waals surface area contributed by atoms with Gasteiger partial charge < -0.3 is 10.4 Å². The number of amides is 1. The van der Waals surface area contributed by atoms with Crippen molar-refractivity contribution in [1.29, 1.82) is 0 Å². The molecular formula is C25H31NO2.